The second-order valence-corrected chi connectivity index (χ2v) is 7.88. The van der Waals surface area contributed by atoms with Gasteiger partial charge in [0.1, 0.15) is 23.2 Å². The first-order valence-corrected chi connectivity index (χ1v) is 11.2. The number of nitrogen functional groups attached to an aromatic ring is 1. The Morgan fingerprint density at radius 1 is 1.03 bits per heavy atom. The number of hydrogen-bond acceptors (Lipinski definition) is 6. The lowest BCUT2D eigenvalue weighted by atomic mass is 9.98. The van der Waals surface area contributed by atoms with Crippen LogP contribution in [0.1, 0.15) is 51.0 Å². The molecule has 0 aliphatic carbocycles. The Kier molecular flexibility index (Phi) is 8.36. The standard InChI is InChI=1S/C26H28N4O3/c1-2-3-4-5-6-7-15-33-22-13-11-19(12-14-22)23-17-25(29-26(28)24(23)18-27)20-9-8-10-21(16-20)30(31)32/h8-14,16-17H,2-7,15H2,1H3,(H2,28,29). The summed E-state index contributed by atoms with van der Waals surface area (Å²) < 4.78 is 5.85. The van der Waals surface area contributed by atoms with Crippen molar-refractivity contribution < 1.29 is 9.66 Å². The number of nitro benzene ring substituents is 1. The minimum Gasteiger partial charge on any atom is -0.494 e. The molecule has 0 atom stereocenters. The molecule has 0 amide bonds. The zero-order chi connectivity index (χ0) is 23.6. The number of pyridine rings is 1. The summed E-state index contributed by atoms with van der Waals surface area (Å²) in [6.45, 7) is 2.88. The topological polar surface area (TPSA) is 115 Å². The summed E-state index contributed by atoms with van der Waals surface area (Å²) in [5.74, 6) is 0.853. The van der Waals surface area contributed by atoms with E-state index in [2.05, 4.69) is 18.0 Å². The van der Waals surface area contributed by atoms with Gasteiger partial charge >= 0.3 is 0 Å². The second kappa shape index (κ2) is 11.6. The van der Waals surface area contributed by atoms with Crippen LogP contribution in [0.3, 0.4) is 0 Å². The van der Waals surface area contributed by atoms with Crippen LogP contribution < -0.4 is 10.5 Å². The minimum absolute atomic E-state index is 0.0364. The first-order valence-electron chi connectivity index (χ1n) is 11.2. The fraction of sp³-hybridized carbons (Fsp3) is 0.308. The van der Waals surface area contributed by atoms with Crippen molar-refractivity contribution in [1.29, 1.82) is 5.26 Å². The lowest BCUT2D eigenvalue weighted by molar-refractivity contribution is -0.384. The van der Waals surface area contributed by atoms with E-state index in [1.54, 1.807) is 18.2 Å². The number of hydrogen-bond donors (Lipinski definition) is 1. The molecule has 0 saturated carbocycles. The van der Waals surface area contributed by atoms with Crippen LogP contribution >= 0.6 is 0 Å². The predicted octanol–water partition coefficient (Wildman–Crippen LogP) is 6.52. The third-order valence-corrected chi connectivity index (χ3v) is 5.44. The fourth-order valence-corrected chi connectivity index (χ4v) is 3.64. The molecule has 2 N–H and O–H groups in total. The van der Waals surface area contributed by atoms with E-state index in [9.17, 15) is 15.4 Å². The molecule has 3 rings (SSSR count). The molecule has 2 aromatic carbocycles. The Balaban J connectivity index is 1.77. The van der Waals surface area contributed by atoms with Crippen molar-refractivity contribution in [3.8, 4) is 34.2 Å². The molecule has 1 heterocycles. The van der Waals surface area contributed by atoms with Crippen LogP contribution in [0.25, 0.3) is 22.4 Å². The summed E-state index contributed by atoms with van der Waals surface area (Å²) >= 11 is 0. The first kappa shape index (κ1) is 23.7. The summed E-state index contributed by atoms with van der Waals surface area (Å²) in [5, 5.41) is 20.8. The van der Waals surface area contributed by atoms with Crippen LogP contribution in [0.5, 0.6) is 5.75 Å². The van der Waals surface area contributed by atoms with Crippen molar-refractivity contribution in [2.75, 3.05) is 12.3 Å². The van der Waals surface area contributed by atoms with Crippen molar-refractivity contribution in [1.82, 2.24) is 4.98 Å². The van der Waals surface area contributed by atoms with E-state index >= 15 is 0 Å². The van der Waals surface area contributed by atoms with Crippen LogP contribution in [-0.4, -0.2) is 16.5 Å². The van der Waals surface area contributed by atoms with Crippen molar-refractivity contribution in [3.63, 3.8) is 0 Å². The van der Waals surface area contributed by atoms with Gasteiger partial charge in [0, 0.05) is 23.3 Å². The van der Waals surface area contributed by atoms with Crippen LogP contribution in [0.2, 0.25) is 0 Å². The molecule has 7 heteroatoms. The number of nitrogens with two attached hydrogens (primary N) is 1. The number of benzene rings is 2. The number of ether oxygens (including phenoxy) is 1. The van der Waals surface area contributed by atoms with Gasteiger partial charge in [-0.15, -0.1) is 0 Å². The van der Waals surface area contributed by atoms with Gasteiger partial charge in [0.15, 0.2) is 0 Å². The van der Waals surface area contributed by atoms with Gasteiger partial charge in [-0.1, -0.05) is 63.3 Å². The zero-order valence-electron chi connectivity index (χ0n) is 18.8. The Bertz CT molecular complexity index is 1140. The maximum absolute atomic E-state index is 11.1. The summed E-state index contributed by atoms with van der Waals surface area (Å²) in [5.41, 5.74) is 8.73. The van der Waals surface area contributed by atoms with Gasteiger partial charge in [0.05, 0.1) is 17.2 Å². The van der Waals surface area contributed by atoms with Gasteiger partial charge in [0.25, 0.3) is 5.69 Å². The summed E-state index contributed by atoms with van der Waals surface area (Å²) in [4.78, 5) is 15.0. The molecule has 0 bridgehead atoms. The average Bonchev–Trinajstić information content (AvgIpc) is 2.83. The molecule has 0 radical (unpaired) electrons. The Labute approximate surface area is 194 Å². The average molecular weight is 445 g/mol. The summed E-state index contributed by atoms with van der Waals surface area (Å²) in [6.07, 6.45) is 7.24. The lowest BCUT2D eigenvalue weighted by Gasteiger charge is -2.11. The van der Waals surface area contributed by atoms with Crippen LogP contribution in [0, 0.1) is 21.4 Å². The molecule has 0 unspecified atom stereocenters. The number of rotatable bonds is 11. The number of nitriles is 1. The van der Waals surface area contributed by atoms with E-state index < -0.39 is 4.92 Å². The quantitative estimate of drug-likeness (QED) is 0.204. The highest BCUT2D eigenvalue weighted by Crippen LogP contribution is 2.33. The van der Waals surface area contributed by atoms with Gasteiger partial charge in [-0.3, -0.25) is 10.1 Å². The molecule has 7 nitrogen and oxygen atoms in total. The SMILES string of the molecule is CCCCCCCCOc1ccc(-c2cc(-c3cccc([N+](=O)[O-])c3)nc(N)c2C#N)cc1. The van der Waals surface area contributed by atoms with E-state index in [4.69, 9.17) is 10.5 Å². The van der Waals surface area contributed by atoms with Gasteiger partial charge in [-0.2, -0.15) is 5.26 Å². The molecule has 0 spiro atoms. The highest BCUT2D eigenvalue weighted by molar-refractivity contribution is 5.80. The van der Waals surface area contributed by atoms with Gasteiger partial charge < -0.3 is 10.5 Å². The molecular formula is C26H28N4O3. The zero-order valence-corrected chi connectivity index (χ0v) is 18.8. The van der Waals surface area contributed by atoms with Crippen LogP contribution in [0.4, 0.5) is 11.5 Å². The highest BCUT2D eigenvalue weighted by atomic mass is 16.6. The van der Waals surface area contributed by atoms with Crippen molar-refractivity contribution in [2.45, 2.75) is 45.4 Å². The number of non-ortho nitro benzene ring substituents is 1. The summed E-state index contributed by atoms with van der Waals surface area (Å²) in [6, 6.07) is 17.5. The fourth-order valence-electron chi connectivity index (χ4n) is 3.64. The number of nitrogens with zero attached hydrogens (tertiary/aromatic N) is 3. The largest absolute Gasteiger partial charge is 0.494 e. The Morgan fingerprint density at radius 2 is 1.76 bits per heavy atom. The van der Waals surface area contributed by atoms with Crippen molar-refractivity contribution in [3.05, 3.63) is 70.3 Å². The molecule has 1 aromatic heterocycles. The number of nitro groups is 1. The van der Waals surface area contributed by atoms with Gasteiger partial charge in [-0.25, -0.2) is 4.98 Å². The number of aromatic nitrogens is 1. The molecular weight excluding hydrogens is 416 g/mol. The van der Waals surface area contributed by atoms with Crippen LogP contribution in [-0.2, 0) is 0 Å². The summed E-state index contributed by atoms with van der Waals surface area (Å²) in [7, 11) is 0. The Hall–Kier alpha value is -3.92. The third kappa shape index (κ3) is 6.30. The van der Waals surface area contributed by atoms with E-state index in [1.165, 1.54) is 44.2 Å². The highest BCUT2D eigenvalue weighted by Gasteiger charge is 2.15. The van der Waals surface area contributed by atoms with Crippen molar-refractivity contribution in [2.24, 2.45) is 0 Å². The normalized spacial score (nSPS) is 10.5. The molecule has 3 aromatic rings. The number of unbranched alkanes of at least 4 members (excludes halogenated alkanes) is 5. The molecule has 0 aliphatic rings. The number of anilines is 1. The lowest BCUT2D eigenvalue weighted by Crippen LogP contribution is -2.00. The molecule has 0 fully saturated rings. The van der Waals surface area contributed by atoms with E-state index in [0.29, 0.717) is 23.4 Å². The van der Waals surface area contributed by atoms with Gasteiger partial charge in [0.2, 0.25) is 0 Å². The van der Waals surface area contributed by atoms with E-state index in [0.717, 1.165) is 17.7 Å². The Morgan fingerprint density at radius 3 is 2.45 bits per heavy atom. The van der Waals surface area contributed by atoms with E-state index in [1.807, 2.05) is 24.3 Å². The smallest absolute Gasteiger partial charge is 0.270 e. The van der Waals surface area contributed by atoms with Gasteiger partial charge in [-0.05, 0) is 30.2 Å². The maximum atomic E-state index is 11.1. The predicted molar refractivity (Wildman–Crippen MR) is 130 cm³/mol. The maximum Gasteiger partial charge on any atom is 0.270 e. The van der Waals surface area contributed by atoms with Crippen molar-refractivity contribution >= 4 is 11.5 Å². The molecule has 170 valence electrons. The van der Waals surface area contributed by atoms with Crippen LogP contribution in [0.15, 0.2) is 54.6 Å². The second-order valence-electron chi connectivity index (χ2n) is 7.88. The minimum atomic E-state index is -0.457. The first-order chi connectivity index (χ1) is 16.0. The molecule has 0 saturated heterocycles. The monoisotopic (exact) mass is 444 g/mol. The third-order valence-electron chi connectivity index (χ3n) is 5.44. The molecule has 33 heavy (non-hydrogen) atoms. The van der Waals surface area contributed by atoms with E-state index in [-0.39, 0.29) is 17.1 Å². The molecule has 0 aliphatic heterocycles.